The average Bonchev–Trinajstić information content (AvgIpc) is 2.84. The van der Waals surface area contributed by atoms with E-state index in [1.165, 1.54) is 36.5 Å². The molecule has 1 unspecified atom stereocenters. The summed E-state index contributed by atoms with van der Waals surface area (Å²) in [7, 11) is -3.16. The SMILES string of the molecule is C=S(=O)(NC(=O)OCC)c1ccc(Nc2ncc(-c3ccccc3C(F)(F)F)c(N[C@H](C)CO)n2)cc1. The van der Waals surface area contributed by atoms with Gasteiger partial charge in [-0.3, -0.25) is 0 Å². The summed E-state index contributed by atoms with van der Waals surface area (Å²) in [6.07, 6.45) is -4.20. The van der Waals surface area contributed by atoms with Crippen molar-refractivity contribution in [2.45, 2.75) is 31.0 Å². The number of carbonyl (C=O) groups is 1. The van der Waals surface area contributed by atoms with Gasteiger partial charge in [0, 0.05) is 28.4 Å². The fraction of sp³-hybridized carbons (Fsp3) is 0.250. The lowest BCUT2D eigenvalue weighted by Gasteiger charge is -2.19. The fourth-order valence-electron chi connectivity index (χ4n) is 3.23. The third-order valence-electron chi connectivity index (χ3n) is 4.98. The smallest absolute Gasteiger partial charge is 0.418 e. The summed E-state index contributed by atoms with van der Waals surface area (Å²) in [4.78, 5) is 20.3. The second-order valence-corrected chi connectivity index (χ2v) is 9.90. The van der Waals surface area contributed by atoms with Gasteiger partial charge in [0.2, 0.25) is 5.95 Å². The lowest BCUT2D eigenvalue weighted by atomic mass is 10.0. The molecule has 0 aliphatic carbocycles. The number of nitrogens with one attached hydrogen (secondary N) is 3. The number of hydrogen-bond acceptors (Lipinski definition) is 8. The Morgan fingerprint density at radius 1 is 1.16 bits per heavy atom. The molecule has 3 rings (SSSR count). The minimum atomic E-state index is -4.59. The lowest BCUT2D eigenvalue weighted by Crippen LogP contribution is -2.30. The second-order valence-electron chi connectivity index (χ2n) is 7.87. The van der Waals surface area contributed by atoms with Gasteiger partial charge in [0.15, 0.2) is 0 Å². The number of anilines is 3. The van der Waals surface area contributed by atoms with Crippen LogP contribution in [0.25, 0.3) is 11.1 Å². The summed E-state index contributed by atoms with van der Waals surface area (Å²) in [5.41, 5.74) is -0.378. The van der Waals surface area contributed by atoms with Gasteiger partial charge in [0.05, 0.1) is 28.5 Å². The minimum Gasteiger partial charge on any atom is -0.449 e. The summed E-state index contributed by atoms with van der Waals surface area (Å²) in [5, 5.41) is 15.3. The molecule has 3 aromatic rings. The maximum absolute atomic E-state index is 13.6. The molecular formula is C24H26F3N5O4S. The molecule has 9 nitrogen and oxygen atoms in total. The van der Waals surface area contributed by atoms with E-state index < -0.39 is 33.6 Å². The molecule has 2 atom stereocenters. The van der Waals surface area contributed by atoms with Crippen molar-refractivity contribution in [3.63, 3.8) is 0 Å². The molecule has 1 heterocycles. The van der Waals surface area contributed by atoms with Gasteiger partial charge < -0.3 is 20.5 Å². The van der Waals surface area contributed by atoms with Gasteiger partial charge in [-0.1, -0.05) is 18.2 Å². The molecule has 2 aromatic carbocycles. The molecule has 0 spiro atoms. The average molecular weight is 538 g/mol. The zero-order valence-corrected chi connectivity index (χ0v) is 20.8. The molecule has 37 heavy (non-hydrogen) atoms. The van der Waals surface area contributed by atoms with Gasteiger partial charge in [0.25, 0.3) is 0 Å². The molecule has 1 amide bonds. The first-order valence-corrected chi connectivity index (χ1v) is 12.8. The zero-order chi connectivity index (χ0) is 27.2. The topological polar surface area (TPSA) is 125 Å². The second kappa shape index (κ2) is 11.5. The van der Waals surface area contributed by atoms with E-state index in [4.69, 9.17) is 4.74 Å². The van der Waals surface area contributed by atoms with Gasteiger partial charge in [-0.25, -0.2) is 18.7 Å². The summed E-state index contributed by atoms with van der Waals surface area (Å²) in [5.74, 6) is 3.70. The Morgan fingerprint density at radius 3 is 2.46 bits per heavy atom. The third kappa shape index (κ3) is 7.11. The predicted molar refractivity (Wildman–Crippen MR) is 136 cm³/mol. The number of aliphatic hydroxyl groups excluding tert-OH is 1. The Labute approximate surface area is 212 Å². The Kier molecular flexibility index (Phi) is 8.61. The van der Waals surface area contributed by atoms with Crippen LogP contribution < -0.4 is 15.4 Å². The highest BCUT2D eigenvalue weighted by molar-refractivity contribution is 7.99. The molecule has 198 valence electrons. The van der Waals surface area contributed by atoms with Gasteiger partial charge in [0.1, 0.15) is 5.82 Å². The van der Waals surface area contributed by atoms with E-state index in [0.717, 1.165) is 6.07 Å². The van der Waals surface area contributed by atoms with Gasteiger partial charge in [-0.2, -0.15) is 18.2 Å². The summed E-state index contributed by atoms with van der Waals surface area (Å²) in [6, 6.07) is 10.6. The van der Waals surface area contributed by atoms with Crippen molar-refractivity contribution in [1.82, 2.24) is 14.7 Å². The monoisotopic (exact) mass is 537 g/mol. The largest absolute Gasteiger partial charge is 0.449 e. The number of aliphatic hydroxyl groups is 1. The molecule has 4 N–H and O–H groups in total. The normalized spacial score (nSPS) is 13.8. The standard InChI is InChI=1S/C24H26F3N5O4S/c1-4-36-23(34)32-37(3,35)17-11-9-16(10-12-17)30-22-28-13-19(21(31-22)29-15(2)14-33)18-7-5-6-8-20(18)24(25,26)27/h5-13,15,33H,3-4,14H2,1-2H3,(H,32,34,35)(H2,28,29,30,31)/t15-,37?/m1/s1. The van der Waals surface area contributed by atoms with E-state index in [9.17, 15) is 27.3 Å². The van der Waals surface area contributed by atoms with Crippen LogP contribution in [0.1, 0.15) is 19.4 Å². The maximum Gasteiger partial charge on any atom is 0.418 e. The van der Waals surface area contributed by atoms with Crippen LogP contribution in [-0.2, 0) is 20.6 Å². The first-order chi connectivity index (χ1) is 17.4. The quantitative estimate of drug-likeness (QED) is 0.296. The van der Waals surface area contributed by atoms with Crippen LogP contribution in [0.2, 0.25) is 0 Å². The number of nitrogens with zero attached hydrogens (tertiary/aromatic N) is 2. The number of amides is 1. The van der Waals surface area contributed by atoms with Crippen molar-refractivity contribution >= 4 is 39.1 Å². The van der Waals surface area contributed by atoms with E-state index in [0.29, 0.717) is 5.69 Å². The fourth-order valence-corrected chi connectivity index (χ4v) is 4.26. The highest BCUT2D eigenvalue weighted by Crippen LogP contribution is 2.39. The van der Waals surface area contributed by atoms with Crippen LogP contribution in [0, 0.1) is 0 Å². The van der Waals surface area contributed by atoms with E-state index in [2.05, 4.69) is 31.2 Å². The Bertz CT molecular complexity index is 1350. The first kappa shape index (κ1) is 27.7. The van der Waals surface area contributed by atoms with E-state index in [-0.39, 0.29) is 41.0 Å². The lowest BCUT2D eigenvalue weighted by molar-refractivity contribution is -0.137. The van der Waals surface area contributed by atoms with Gasteiger partial charge in [-0.15, -0.1) is 0 Å². The predicted octanol–water partition coefficient (Wildman–Crippen LogP) is 4.44. The molecule has 0 fully saturated rings. The van der Waals surface area contributed by atoms with Gasteiger partial charge >= 0.3 is 12.3 Å². The number of benzene rings is 2. The van der Waals surface area contributed by atoms with E-state index in [1.807, 2.05) is 0 Å². The van der Waals surface area contributed by atoms with Crippen LogP contribution in [0.5, 0.6) is 0 Å². The number of aromatic nitrogens is 2. The van der Waals surface area contributed by atoms with Gasteiger partial charge in [-0.05, 0) is 55.6 Å². The van der Waals surface area contributed by atoms with Crippen molar-refractivity contribution in [3.05, 3.63) is 60.3 Å². The number of alkyl halides is 3. The van der Waals surface area contributed by atoms with Crippen molar-refractivity contribution in [3.8, 4) is 11.1 Å². The Hall–Kier alpha value is -3.84. The third-order valence-corrected chi connectivity index (χ3v) is 6.51. The summed E-state index contributed by atoms with van der Waals surface area (Å²) >= 11 is 0. The highest BCUT2D eigenvalue weighted by atomic mass is 32.2. The van der Waals surface area contributed by atoms with Crippen LogP contribution >= 0.6 is 0 Å². The molecule has 0 aliphatic rings. The number of ether oxygens (including phenoxy) is 1. The highest BCUT2D eigenvalue weighted by Gasteiger charge is 2.34. The molecule has 0 aliphatic heterocycles. The molecule has 13 heteroatoms. The van der Waals surface area contributed by atoms with Crippen LogP contribution in [0.4, 0.5) is 35.4 Å². The molecule has 0 radical (unpaired) electrons. The molecule has 0 bridgehead atoms. The van der Waals surface area contributed by atoms with Crippen molar-refractivity contribution in [1.29, 1.82) is 0 Å². The Morgan fingerprint density at radius 2 is 1.84 bits per heavy atom. The summed E-state index contributed by atoms with van der Waals surface area (Å²) in [6.45, 7) is 3.09. The van der Waals surface area contributed by atoms with Crippen LogP contribution in [-0.4, -0.2) is 50.5 Å². The number of halogens is 3. The zero-order valence-electron chi connectivity index (χ0n) is 20.0. The van der Waals surface area contributed by atoms with Crippen molar-refractivity contribution in [2.75, 3.05) is 23.8 Å². The number of hydrogen-bond donors (Lipinski definition) is 4. The minimum absolute atomic E-state index is 0.0636. The molecule has 0 saturated carbocycles. The first-order valence-electron chi connectivity index (χ1n) is 11.0. The maximum atomic E-state index is 13.6. The number of rotatable bonds is 9. The van der Waals surface area contributed by atoms with Crippen LogP contribution in [0.3, 0.4) is 0 Å². The molecule has 1 aromatic heterocycles. The molecule has 0 saturated heterocycles. The van der Waals surface area contributed by atoms with Crippen molar-refractivity contribution in [2.24, 2.45) is 0 Å². The number of carbonyl (C=O) groups excluding carboxylic acids is 1. The van der Waals surface area contributed by atoms with E-state index >= 15 is 0 Å². The summed E-state index contributed by atoms with van der Waals surface area (Å²) < 4.78 is 60.5. The Balaban J connectivity index is 1.91. The van der Waals surface area contributed by atoms with Crippen molar-refractivity contribution < 1.29 is 32.0 Å². The molecular weight excluding hydrogens is 511 g/mol. The van der Waals surface area contributed by atoms with Crippen LogP contribution in [0.15, 0.2) is 59.6 Å². The van der Waals surface area contributed by atoms with E-state index in [1.54, 1.807) is 26.0 Å².